The molecule has 26 heavy (non-hydrogen) atoms. The van der Waals surface area contributed by atoms with E-state index in [9.17, 15) is 8.42 Å². The molecule has 0 radical (unpaired) electrons. The Morgan fingerprint density at radius 1 is 1.08 bits per heavy atom. The van der Waals surface area contributed by atoms with Crippen LogP contribution in [0.4, 0.5) is 17.6 Å². The zero-order chi connectivity index (χ0) is 18.7. The Labute approximate surface area is 153 Å². The normalized spacial score (nSPS) is 14.9. The predicted molar refractivity (Wildman–Crippen MR) is 99.9 cm³/mol. The van der Waals surface area contributed by atoms with E-state index in [1.165, 1.54) is 4.31 Å². The smallest absolute Gasteiger partial charge is 0.222 e. The van der Waals surface area contributed by atoms with Crippen LogP contribution >= 0.6 is 0 Å². The van der Waals surface area contributed by atoms with Gasteiger partial charge in [-0.05, 0) is 19.1 Å². The predicted octanol–water partition coefficient (Wildman–Crippen LogP) is -0.607. The fourth-order valence-electron chi connectivity index (χ4n) is 2.64. The number of hydrogen-bond acceptors (Lipinski definition) is 8. The summed E-state index contributed by atoms with van der Waals surface area (Å²) in [5.41, 5.74) is 13.4. The Morgan fingerprint density at radius 3 is 2.42 bits per heavy atom. The number of anilines is 3. The fraction of sp³-hybridized carbons (Fsp3) is 0.312. The minimum atomic E-state index is -2.56. The van der Waals surface area contributed by atoms with Crippen LogP contribution in [-0.2, 0) is 10.9 Å². The maximum Gasteiger partial charge on any atom is 0.222 e. The van der Waals surface area contributed by atoms with Gasteiger partial charge in [-0.1, -0.05) is 11.8 Å². The number of piperazine rings is 1. The molecule has 0 atom stereocenters. The van der Waals surface area contributed by atoms with Crippen LogP contribution in [-0.4, -0.2) is 53.9 Å². The molecule has 4 N–H and O–H groups in total. The van der Waals surface area contributed by atoms with Crippen molar-refractivity contribution in [1.29, 1.82) is 0 Å². The second-order valence-electron chi connectivity index (χ2n) is 5.77. The van der Waals surface area contributed by atoms with Crippen LogP contribution in [0.3, 0.4) is 0 Å². The quantitative estimate of drug-likeness (QED) is 0.469. The molecule has 0 unspecified atom stereocenters. The highest BCUT2D eigenvalue weighted by Gasteiger charge is 2.22. The standard InChI is InChI=1S/C16H19N7O2S/c1-11-13(4-2-12-3-5-14(17)19-10-12)15(21-16(18)20-11)22-6-8-23(9-7-22)26(24)25/h3,5,10,26H,6-9H2,1H3,(H2,17,19)(H2,18,20,21). The van der Waals surface area contributed by atoms with Crippen molar-refractivity contribution in [3.05, 3.63) is 35.2 Å². The molecular weight excluding hydrogens is 354 g/mol. The Morgan fingerprint density at radius 2 is 1.81 bits per heavy atom. The maximum absolute atomic E-state index is 11.1. The molecule has 1 aliphatic heterocycles. The number of aromatic nitrogens is 3. The van der Waals surface area contributed by atoms with Gasteiger partial charge >= 0.3 is 0 Å². The van der Waals surface area contributed by atoms with Crippen molar-refractivity contribution < 1.29 is 8.42 Å². The Bertz CT molecular complexity index is 932. The van der Waals surface area contributed by atoms with Crippen LogP contribution in [0.5, 0.6) is 0 Å². The molecule has 10 heteroatoms. The van der Waals surface area contributed by atoms with Crippen molar-refractivity contribution in [2.24, 2.45) is 0 Å². The Hall–Kier alpha value is -2.90. The molecule has 1 fully saturated rings. The third-order valence-corrected chi connectivity index (χ3v) is 4.85. The summed E-state index contributed by atoms with van der Waals surface area (Å²) in [6.07, 6.45) is 1.60. The van der Waals surface area contributed by atoms with E-state index in [1.807, 2.05) is 11.8 Å². The lowest BCUT2D eigenvalue weighted by Crippen LogP contribution is -2.46. The molecule has 1 aliphatic rings. The Balaban J connectivity index is 1.92. The van der Waals surface area contributed by atoms with E-state index in [4.69, 9.17) is 11.5 Å². The second kappa shape index (κ2) is 7.55. The van der Waals surface area contributed by atoms with Crippen LogP contribution in [0.25, 0.3) is 0 Å². The highest BCUT2D eigenvalue weighted by atomic mass is 32.2. The van der Waals surface area contributed by atoms with Crippen molar-refractivity contribution in [1.82, 2.24) is 19.3 Å². The van der Waals surface area contributed by atoms with Gasteiger partial charge in [-0.25, -0.2) is 22.7 Å². The molecule has 9 nitrogen and oxygen atoms in total. The number of pyridine rings is 1. The third kappa shape index (κ3) is 4.01. The highest BCUT2D eigenvalue weighted by Crippen LogP contribution is 2.22. The van der Waals surface area contributed by atoms with E-state index >= 15 is 0 Å². The molecule has 0 aliphatic carbocycles. The summed E-state index contributed by atoms with van der Waals surface area (Å²) in [6.45, 7) is 3.64. The van der Waals surface area contributed by atoms with Crippen molar-refractivity contribution in [3.8, 4) is 11.8 Å². The molecule has 0 bridgehead atoms. The molecule has 1 saturated heterocycles. The van der Waals surface area contributed by atoms with Crippen molar-refractivity contribution in [3.63, 3.8) is 0 Å². The van der Waals surface area contributed by atoms with Gasteiger partial charge in [-0.2, -0.15) is 4.98 Å². The first-order valence-corrected chi connectivity index (χ1v) is 9.09. The van der Waals surface area contributed by atoms with Gasteiger partial charge in [0.1, 0.15) is 11.6 Å². The molecule has 2 aromatic rings. The van der Waals surface area contributed by atoms with E-state index in [0.717, 1.165) is 5.56 Å². The van der Waals surface area contributed by atoms with Gasteiger partial charge < -0.3 is 16.4 Å². The summed E-state index contributed by atoms with van der Waals surface area (Å²) in [5.74, 6) is 7.33. The van der Waals surface area contributed by atoms with E-state index in [-0.39, 0.29) is 5.95 Å². The summed E-state index contributed by atoms with van der Waals surface area (Å²) in [4.78, 5) is 14.5. The topological polar surface area (TPSA) is 131 Å². The maximum atomic E-state index is 11.1. The fourth-order valence-corrected chi connectivity index (χ4v) is 3.14. The second-order valence-corrected chi connectivity index (χ2v) is 6.81. The lowest BCUT2D eigenvalue weighted by atomic mass is 10.1. The van der Waals surface area contributed by atoms with Gasteiger partial charge in [-0.3, -0.25) is 0 Å². The first-order valence-electron chi connectivity index (χ1n) is 7.96. The molecule has 0 aromatic carbocycles. The summed E-state index contributed by atoms with van der Waals surface area (Å²) in [7, 11) is -2.56. The van der Waals surface area contributed by atoms with Crippen LogP contribution in [0.15, 0.2) is 18.3 Å². The van der Waals surface area contributed by atoms with E-state index in [2.05, 4.69) is 26.8 Å². The Kier molecular flexibility index (Phi) is 5.20. The first-order chi connectivity index (χ1) is 12.4. The van der Waals surface area contributed by atoms with Crippen molar-refractivity contribution in [2.45, 2.75) is 6.92 Å². The minimum absolute atomic E-state index is 0.162. The molecule has 3 rings (SSSR count). The van der Waals surface area contributed by atoms with Gasteiger partial charge in [0.05, 0.1) is 11.3 Å². The van der Waals surface area contributed by atoms with Crippen LogP contribution in [0.2, 0.25) is 0 Å². The first kappa shape index (κ1) is 17.9. The summed E-state index contributed by atoms with van der Waals surface area (Å²) >= 11 is 0. The van der Waals surface area contributed by atoms with Crippen LogP contribution in [0, 0.1) is 18.8 Å². The highest BCUT2D eigenvalue weighted by molar-refractivity contribution is 7.69. The minimum Gasteiger partial charge on any atom is -0.384 e. The number of hydrogen-bond donors (Lipinski definition) is 3. The largest absolute Gasteiger partial charge is 0.384 e. The molecule has 2 aromatic heterocycles. The SMILES string of the molecule is Cc1nc(N)nc(N2CCN([SH](=O)=O)CC2)c1C#Cc1ccc(N)nc1. The lowest BCUT2D eigenvalue weighted by Gasteiger charge is -2.32. The number of nitrogens with two attached hydrogens (primary N) is 2. The number of nitrogen functional groups attached to an aromatic ring is 2. The lowest BCUT2D eigenvalue weighted by molar-refractivity contribution is 0.395. The van der Waals surface area contributed by atoms with Crippen molar-refractivity contribution in [2.75, 3.05) is 42.5 Å². The van der Waals surface area contributed by atoms with Gasteiger partial charge in [0.15, 0.2) is 0 Å². The number of thiol groups is 1. The van der Waals surface area contributed by atoms with Gasteiger partial charge in [0, 0.05) is 37.9 Å². The average molecular weight is 373 g/mol. The van der Waals surface area contributed by atoms with Crippen molar-refractivity contribution >= 4 is 28.5 Å². The number of aryl methyl sites for hydroxylation is 1. The summed E-state index contributed by atoms with van der Waals surface area (Å²) < 4.78 is 23.6. The zero-order valence-electron chi connectivity index (χ0n) is 14.2. The molecule has 136 valence electrons. The van der Waals surface area contributed by atoms with Crippen LogP contribution < -0.4 is 16.4 Å². The molecule has 0 amide bonds. The van der Waals surface area contributed by atoms with E-state index in [1.54, 1.807) is 18.3 Å². The monoisotopic (exact) mass is 373 g/mol. The molecule has 3 heterocycles. The van der Waals surface area contributed by atoms with E-state index in [0.29, 0.717) is 49.1 Å². The number of rotatable bonds is 2. The average Bonchev–Trinajstić information content (AvgIpc) is 2.62. The molecule has 0 spiro atoms. The van der Waals surface area contributed by atoms with Crippen LogP contribution in [0.1, 0.15) is 16.8 Å². The number of nitrogens with zero attached hydrogens (tertiary/aromatic N) is 5. The van der Waals surface area contributed by atoms with E-state index < -0.39 is 10.9 Å². The van der Waals surface area contributed by atoms with Gasteiger partial charge in [-0.15, -0.1) is 0 Å². The van der Waals surface area contributed by atoms with Gasteiger partial charge in [0.2, 0.25) is 16.8 Å². The summed E-state index contributed by atoms with van der Waals surface area (Å²) in [5, 5.41) is 0. The third-order valence-electron chi connectivity index (χ3n) is 3.99. The summed E-state index contributed by atoms with van der Waals surface area (Å²) in [6, 6.07) is 3.46. The zero-order valence-corrected chi connectivity index (χ0v) is 15.1. The van der Waals surface area contributed by atoms with Gasteiger partial charge in [0.25, 0.3) is 0 Å². The molecule has 0 saturated carbocycles. The molecular formula is C16H19N7O2S.